The van der Waals surface area contributed by atoms with E-state index in [0.717, 1.165) is 17.2 Å². The smallest absolute Gasteiger partial charge is 0.342 e. The number of hydrogen-bond acceptors (Lipinski definition) is 2. The summed E-state index contributed by atoms with van der Waals surface area (Å²) in [5, 5.41) is 4.26. The zero-order valence-corrected chi connectivity index (χ0v) is 20.2. The summed E-state index contributed by atoms with van der Waals surface area (Å²) in [4.78, 5) is 13.3. The molecule has 0 unspecified atom stereocenters. The molecule has 1 aromatic heterocycles. The van der Waals surface area contributed by atoms with Gasteiger partial charge in [-0.1, -0.05) is 36.4 Å². The molecule has 1 aliphatic heterocycles. The number of rotatable bonds is 5. The zero-order valence-electron chi connectivity index (χ0n) is 20.2. The normalized spacial score (nSPS) is 16.4. The number of nitrogens with zero attached hydrogens (tertiary/aromatic N) is 3. The lowest BCUT2D eigenvalue weighted by molar-refractivity contribution is -0.336. The SMILES string of the molecule is Cc1cccc2c(/C=C3/C(=O)N(c4ccccc4)N=C3C(F)(F)C(F)(F)C(F)(F)F)c(C)n(C(C)C)c12. The Bertz CT molecular complexity index is 1430. The van der Waals surface area contributed by atoms with Crippen LogP contribution in [0, 0.1) is 13.8 Å². The van der Waals surface area contributed by atoms with Gasteiger partial charge in [0.05, 0.1) is 16.8 Å². The molecule has 1 aliphatic rings. The molecule has 0 N–H and O–H groups in total. The average molecular weight is 525 g/mol. The lowest BCUT2D eigenvalue weighted by Gasteiger charge is -2.27. The number of aryl methyl sites for hydroxylation is 1. The number of alkyl halides is 7. The third-order valence-corrected chi connectivity index (χ3v) is 6.25. The summed E-state index contributed by atoms with van der Waals surface area (Å²) in [5.74, 6) is -13.6. The highest BCUT2D eigenvalue weighted by Crippen LogP contribution is 2.49. The molecule has 3 aromatic rings. The predicted molar refractivity (Wildman–Crippen MR) is 127 cm³/mol. The molecule has 0 fully saturated rings. The van der Waals surface area contributed by atoms with E-state index in [-0.39, 0.29) is 17.3 Å². The van der Waals surface area contributed by atoms with Crippen molar-refractivity contribution in [1.82, 2.24) is 4.57 Å². The van der Waals surface area contributed by atoms with Gasteiger partial charge in [0.1, 0.15) is 0 Å². The van der Waals surface area contributed by atoms with E-state index in [1.165, 1.54) is 24.3 Å². The van der Waals surface area contributed by atoms with Crippen molar-refractivity contribution in [2.24, 2.45) is 5.10 Å². The Hall–Kier alpha value is -3.63. The maximum atomic E-state index is 15.0. The number of amides is 1. The van der Waals surface area contributed by atoms with Crippen molar-refractivity contribution in [3.05, 3.63) is 70.9 Å². The molecule has 0 saturated heterocycles. The summed E-state index contributed by atoms with van der Waals surface area (Å²) in [6.45, 7) is 7.22. The van der Waals surface area contributed by atoms with Crippen LogP contribution >= 0.6 is 0 Å². The number of hydrogen-bond donors (Lipinski definition) is 0. The highest BCUT2D eigenvalue weighted by molar-refractivity contribution is 6.35. The summed E-state index contributed by atoms with van der Waals surface area (Å²) < 4.78 is 99.3. The molecular weight excluding hydrogens is 503 g/mol. The second-order valence-corrected chi connectivity index (χ2v) is 9.04. The lowest BCUT2D eigenvalue weighted by Crippen LogP contribution is -2.56. The van der Waals surface area contributed by atoms with Gasteiger partial charge in [-0.3, -0.25) is 4.79 Å². The van der Waals surface area contributed by atoms with Crippen LogP contribution in [0.3, 0.4) is 0 Å². The Labute approximate surface area is 207 Å². The van der Waals surface area contributed by atoms with E-state index in [0.29, 0.717) is 16.1 Å². The van der Waals surface area contributed by atoms with Gasteiger partial charge in [0.25, 0.3) is 5.91 Å². The summed E-state index contributed by atoms with van der Waals surface area (Å²) >= 11 is 0. The largest absolute Gasteiger partial charge is 0.460 e. The summed E-state index contributed by atoms with van der Waals surface area (Å²) in [6, 6.07) is 12.1. The van der Waals surface area contributed by atoms with E-state index in [9.17, 15) is 26.7 Å². The molecule has 0 spiro atoms. The van der Waals surface area contributed by atoms with Crippen LogP contribution in [0.1, 0.15) is 36.7 Å². The summed E-state index contributed by atoms with van der Waals surface area (Å²) in [7, 11) is 0. The number of carbonyl (C=O) groups excluding carboxylic acids is 1. The third kappa shape index (κ3) is 4.00. The van der Waals surface area contributed by atoms with E-state index in [1.54, 1.807) is 25.1 Å². The quantitative estimate of drug-likeness (QED) is 0.252. The van der Waals surface area contributed by atoms with Gasteiger partial charge in [-0.2, -0.15) is 40.8 Å². The van der Waals surface area contributed by atoms with Crippen molar-refractivity contribution in [2.75, 3.05) is 5.01 Å². The van der Waals surface area contributed by atoms with Crippen LogP contribution < -0.4 is 5.01 Å². The van der Waals surface area contributed by atoms with E-state index in [1.807, 2.05) is 31.4 Å². The number of benzene rings is 2. The Kier molecular flexibility index (Phi) is 6.24. The van der Waals surface area contributed by atoms with Crippen molar-refractivity contribution in [3.63, 3.8) is 0 Å². The van der Waals surface area contributed by atoms with Crippen LogP contribution in [-0.4, -0.2) is 34.2 Å². The minimum Gasteiger partial charge on any atom is -0.342 e. The molecule has 1 amide bonds. The van der Waals surface area contributed by atoms with Gasteiger partial charge in [-0.15, -0.1) is 0 Å². The highest BCUT2D eigenvalue weighted by atomic mass is 19.4. The number of anilines is 1. The molecule has 0 aliphatic carbocycles. The van der Waals surface area contributed by atoms with Crippen LogP contribution in [0.15, 0.2) is 59.2 Å². The van der Waals surface area contributed by atoms with Gasteiger partial charge in [0, 0.05) is 22.7 Å². The molecule has 196 valence electrons. The highest BCUT2D eigenvalue weighted by Gasteiger charge is 2.76. The fourth-order valence-electron chi connectivity index (χ4n) is 4.51. The number of halogens is 7. The maximum absolute atomic E-state index is 15.0. The van der Waals surface area contributed by atoms with Gasteiger partial charge in [-0.25, -0.2) is 0 Å². The standard InChI is InChI=1S/C26H22F7N3O/c1-14(2)35-16(4)19(18-12-8-9-15(3)21(18)35)13-20-22(24(27,28)25(29,30)26(31,32)33)34-36(23(20)37)17-10-6-5-7-11-17/h5-14H,1-4H3/b20-13+. The second-order valence-electron chi connectivity index (χ2n) is 9.04. The summed E-state index contributed by atoms with van der Waals surface area (Å²) in [5.41, 5.74) is -0.779. The third-order valence-electron chi connectivity index (χ3n) is 6.25. The van der Waals surface area contributed by atoms with E-state index < -0.39 is 35.2 Å². The van der Waals surface area contributed by atoms with Crippen LogP contribution in [0.4, 0.5) is 36.4 Å². The van der Waals surface area contributed by atoms with Crippen molar-refractivity contribution < 1.29 is 35.5 Å². The molecule has 2 aromatic carbocycles. The topological polar surface area (TPSA) is 37.6 Å². The van der Waals surface area contributed by atoms with Crippen LogP contribution in [0.5, 0.6) is 0 Å². The van der Waals surface area contributed by atoms with Crippen LogP contribution in [0.2, 0.25) is 0 Å². The van der Waals surface area contributed by atoms with Gasteiger partial charge in [0.2, 0.25) is 0 Å². The number of para-hydroxylation sites is 2. The summed E-state index contributed by atoms with van der Waals surface area (Å²) in [6.07, 6.45) is -5.66. The van der Waals surface area contributed by atoms with Crippen molar-refractivity contribution in [3.8, 4) is 0 Å². The molecule has 0 saturated carbocycles. The van der Waals surface area contributed by atoms with E-state index in [4.69, 9.17) is 0 Å². The molecule has 4 rings (SSSR count). The van der Waals surface area contributed by atoms with Crippen molar-refractivity contribution >= 4 is 34.3 Å². The molecular formula is C26H22F7N3O. The fraction of sp³-hybridized carbons (Fsp3) is 0.308. The Morgan fingerprint density at radius 2 is 1.51 bits per heavy atom. The van der Waals surface area contributed by atoms with Gasteiger partial charge in [0.15, 0.2) is 5.71 Å². The molecule has 2 heterocycles. The number of fused-ring (bicyclic) bond motifs is 1. The van der Waals surface area contributed by atoms with Crippen molar-refractivity contribution in [1.29, 1.82) is 0 Å². The average Bonchev–Trinajstić information content (AvgIpc) is 3.29. The maximum Gasteiger partial charge on any atom is 0.460 e. The van der Waals surface area contributed by atoms with Gasteiger partial charge < -0.3 is 4.57 Å². The first kappa shape index (κ1) is 26.4. The number of hydrazone groups is 1. The molecule has 0 atom stereocenters. The minimum absolute atomic E-state index is 0.0725. The second kappa shape index (κ2) is 8.74. The zero-order chi connectivity index (χ0) is 27.5. The molecule has 37 heavy (non-hydrogen) atoms. The fourth-order valence-corrected chi connectivity index (χ4v) is 4.51. The predicted octanol–water partition coefficient (Wildman–Crippen LogP) is 7.46. The number of carbonyl (C=O) groups is 1. The Balaban J connectivity index is 2.01. The lowest BCUT2D eigenvalue weighted by atomic mass is 9.96. The van der Waals surface area contributed by atoms with Gasteiger partial charge in [-0.05, 0) is 51.5 Å². The first-order chi connectivity index (χ1) is 17.1. The molecule has 0 bridgehead atoms. The molecule has 4 nitrogen and oxygen atoms in total. The van der Waals surface area contributed by atoms with Gasteiger partial charge >= 0.3 is 18.0 Å². The van der Waals surface area contributed by atoms with E-state index >= 15 is 8.78 Å². The Morgan fingerprint density at radius 3 is 2.08 bits per heavy atom. The van der Waals surface area contributed by atoms with E-state index in [2.05, 4.69) is 5.10 Å². The van der Waals surface area contributed by atoms with Crippen LogP contribution in [-0.2, 0) is 4.79 Å². The number of aromatic nitrogens is 1. The van der Waals surface area contributed by atoms with Crippen molar-refractivity contribution in [2.45, 2.75) is 51.8 Å². The molecule has 11 heteroatoms. The minimum atomic E-state index is -6.59. The van der Waals surface area contributed by atoms with Crippen LogP contribution in [0.25, 0.3) is 17.0 Å². The monoisotopic (exact) mass is 525 g/mol. The molecule has 0 radical (unpaired) electrons. The Morgan fingerprint density at radius 1 is 0.892 bits per heavy atom. The first-order valence-corrected chi connectivity index (χ1v) is 11.2. The first-order valence-electron chi connectivity index (χ1n) is 11.2.